The summed E-state index contributed by atoms with van der Waals surface area (Å²) in [7, 11) is 0. The van der Waals surface area contributed by atoms with Crippen molar-refractivity contribution in [2.45, 2.75) is 0 Å². The molecule has 0 saturated heterocycles. The maximum Gasteiger partial charge on any atom is 0.243 e. The number of fused-ring (bicyclic) bond motifs is 1. The van der Waals surface area contributed by atoms with Gasteiger partial charge in [0.25, 0.3) is 0 Å². The van der Waals surface area contributed by atoms with Crippen molar-refractivity contribution in [3.8, 4) is 0 Å². The summed E-state index contributed by atoms with van der Waals surface area (Å²) in [6, 6.07) is 6.81. The Balaban J connectivity index is 2.68. The lowest BCUT2D eigenvalue weighted by Gasteiger charge is -1.86. The normalized spacial score (nSPS) is 9.92. The molecule has 0 unspecified atom stereocenters. The number of hydrogen-bond acceptors (Lipinski definition) is 3. The number of hydrogen-bond donors (Lipinski definition) is 0. The van der Waals surface area contributed by atoms with Gasteiger partial charge in [-0.2, -0.15) is 0 Å². The van der Waals surface area contributed by atoms with Crippen LogP contribution in [0, 0.1) is 0 Å². The molecule has 0 aliphatic carbocycles. The van der Waals surface area contributed by atoms with Gasteiger partial charge in [0.1, 0.15) is 5.58 Å². The minimum Gasteiger partial charge on any atom is -0.438 e. The van der Waals surface area contributed by atoms with Crippen molar-refractivity contribution in [3.05, 3.63) is 29.3 Å². The van der Waals surface area contributed by atoms with E-state index in [2.05, 4.69) is 4.99 Å². The second-order valence-corrected chi connectivity index (χ2v) is 2.91. The van der Waals surface area contributed by atoms with Gasteiger partial charge in [0.2, 0.25) is 12.0 Å². The average molecular weight is 194 g/mol. The third kappa shape index (κ3) is 1.47. The van der Waals surface area contributed by atoms with E-state index in [1.165, 1.54) is 6.08 Å². The number of isocyanates is 1. The van der Waals surface area contributed by atoms with Gasteiger partial charge in [-0.3, -0.25) is 0 Å². The first-order valence-electron chi connectivity index (χ1n) is 3.56. The van der Waals surface area contributed by atoms with Gasteiger partial charge in [-0.05, 0) is 18.2 Å². The standard InChI is InChI=1S/C9H4ClNO2/c10-7-1-2-8-6(3-7)4-9(13-8)11-5-12/h1-4H. The lowest BCUT2D eigenvalue weighted by Crippen LogP contribution is -1.62. The number of carbonyl (C=O) groups excluding carboxylic acids is 1. The van der Waals surface area contributed by atoms with E-state index in [1.807, 2.05) is 0 Å². The molecular formula is C9H4ClNO2. The first kappa shape index (κ1) is 8.05. The van der Waals surface area contributed by atoms with Gasteiger partial charge in [0, 0.05) is 16.5 Å². The zero-order valence-electron chi connectivity index (χ0n) is 6.45. The van der Waals surface area contributed by atoms with E-state index >= 15 is 0 Å². The summed E-state index contributed by atoms with van der Waals surface area (Å²) < 4.78 is 5.18. The molecule has 13 heavy (non-hydrogen) atoms. The molecule has 1 aromatic carbocycles. The summed E-state index contributed by atoms with van der Waals surface area (Å²) in [6.07, 6.45) is 1.41. The van der Waals surface area contributed by atoms with Crippen LogP contribution in [0.1, 0.15) is 0 Å². The smallest absolute Gasteiger partial charge is 0.243 e. The molecule has 0 saturated carbocycles. The molecule has 0 bridgehead atoms. The number of benzene rings is 1. The Labute approximate surface area is 78.6 Å². The maximum atomic E-state index is 9.94. The van der Waals surface area contributed by atoms with Crippen LogP contribution in [0.3, 0.4) is 0 Å². The van der Waals surface area contributed by atoms with Crippen LogP contribution in [0.15, 0.2) is 33.7 Å². The third-order valence-corrected chi connectivity index (χ3v) is 1.86. The van der Waals surface area contributed by atoms with Crippen LogP contribution in [0.25, 0.3) is 11.0 Å². The summed E-state index contributed by atoms with van der Waals surface area (Å²) in [4.78, 5) is 13.3. The maximum absolute atomic E-state index is 9.94. The average Bonchev–Trinajstić information content (AvgIpc) is 2.46. The van der Waals surface area contributed by atoms with Crippen molar-refractivity contribution < 1.29 is 9.21 Å². The highest BCUT2D eigenvalue weighted by Gasteiger charge is 2.02. The van der Waals surface area contributed by atoms with E-state index in [-0.39, 0.29) is 5.88 Å². The van der Waals surface area contributed by atoms with Crippen molar-refractivity contribution >= 4 is 34.5 Å². The molecule has 0 atom stereocenters. The number of furan rings is 1. The summed E-state index contributed by atoms with van der Waals surface area (Å²) in [5.74, 6) is 0.243. The van der Waals surface area contributed by atoms with Crippen LogP contribution in [0.4, 0.5) is 5.88 Å². The van der Waals surface area contributed by atoms with Crippen LogP contribution in [0.5, 0.6) is 0 Å². The Kier molecular flexibility index (Phi) is 1.89. The van der Waals surface area contributed by atoms with Gasteiger partial charge >= 0.3 is 0 Å². The first-order valence-corrected chi connectivity index (χ1v) is 3.94. The first-order chi connectivity index (χ1) is 6.29. The van der Waals surface area contributed by atoms with Crippen molar-refractivity contribution in [3.63, 3.8) is 0 Å². The number of halogens is 1. The molecule has 0 radical (unpaired) electrons. The van der Waals surface area contributed by atoms with Crippen LogP contribution in [0.2, 0.25) is 5.02 Å². The largest absolute Gasteiger partial charge is 0.438 e. The molecule has 0 N–H and O–H groups in total. The molecule has 1 aromatic heterocycles. The molecule has 1 heterocycles. The van der Waals surface area contributed by atoms with Crippen molar-refractivity contribution in [2.24, 2.45) is 4.99 Å². The number of nitrogens with zero attached hydrogens (tertiary/aromatic N) is 1. The lowest BCUT2D eigenvalue weighted by atomic mass is 10.3. The highest BCUT2D eigenvalue weighted by molar-refractivity contribution is 6.31. The summed E-state index contributed by atoms with van der Waals surface area (Å²) in [5.41, 5.74) is 0.651. The molecule has 2 rings (SSSR count). The molecule has 0 amide bonds. The Bertz CT molecular complexity index is 497. The van der Waals surface area contributed by atoms with Crippen molar-refractivity contribution in [1.29, 1.82) is 0 Å². The van der Waals surface area contributed by atoms with E-state index in [0.29, 0.717) is 10.6 Å². The lowest BCUT2D eigenvalue weighted by molar-refractivity contribution is 0.561. The van der Waals surface area contributed by atoms with Gasteiger partial charge in [-0.1, -0.05) is 11.6 Å². The fourth-order valence-electron chi connectivity index (χ4n) is 1.10. The summed E-state index contributed by atoms with van der Waals surface area (Å²) in [6.45, 7) is 0. The molecule has 3 nitrogen and oxygen atoms in total. The Morgan fingerprint density at radius 1 is 1.38 bits per heavy atom. The van der Waals surface area contributed by atoms with Gasteiger partial charge in [-0.15, -0.1) is 4.99 Å². The predicted molar refractivity (Wildman–Crippen MR) is 49.0 cm³/mol. The zero-order chi connectivity index (χ0) is 9.26. The predicted octanol–water partition coefficient (Wildman–Crippen LogP) is 3.05. The Morgan fingerprint density at radius 3 is 3.00 bits per heavy atom. The fraction of sp³-hybridized carbons (Fsp3) is 0. The summed E-state index contributed by atoms with van der Waals surface area (Å²) >= 11 is 5.76. The number of rotatable bonds is 1. The zero-order valence-corrected chi connectivity index (χ0v) is 7.21. The monoisotopic (exact) mass is 193 g/mol. The van der Waals surface area contributed by atoms with Crippen molar-refractivity contribution in [2.75, 3.05) is 0 Å². The van der Waals surface area contributed by atoms with E-state index in [9.17, 15) is 4.79 Å². The minimum absolute atomic E-state index is 0.243. The van der Waals surface area contributed by atoms with E-state index in [1.54, 1.807) is 24.3 Å². The van der Waals surface area contributed by atoms with Gasteiger partial charge in [-0.25, -0.2) is 4.79 Å². The second kappa shape index (κ2) is 3.05. The third-order valence-electron chi connectivity index (χ3n) is 1.62. The molecule has 4 heteroatoms. The second-order valence-electron chi connectivity index (χ2n) is 2.47. The SMILES string of the molecule is O=C=Nc1cc2cc(Cl)ccc2o1. The molecule has 0 fully saturated rings. The van der Waals surface area contributed by atoms with Crippen LogP contribution in [-0.2, 0) is 4.79 Å². The topological polar surface area (TPSA) is 42.6 Å². The van der Waals surface area contributed by atoms with Crippen molar-refractivity contribution in [1.82, 2.24) is 0 Å². The van der Waals surface area contributed by atoms with E-state index in [0.717, 1.165) is 5.39 Å². The molecule has 2 aromatic rings. The Hall–Kier alpha value is -1.57. The highest BCUT2D eigenvalue weighted by atomic mass is 35.5. The molecule has 64 valence electrons. The van der Waals surface area contributed by atoms with E-state index in [4.69, 9.17) is 16.0 Å². The fourth-order valence-corrected chi connectivity index (χ4v) is 1.28. The molecule has 0 spiro atoms. The molecule has 0 aliphatic heterocycles. The van der Waals surface area contributed by atoms with Crippen LogP contribution >= 0.6 is 11.6 Å². The summed E-state index contributed by atoms with van der Waals surface area (Å²) in [5, 5.41) is 1.44. The van der Waals surface area contributed by atoms with Gasteiger partial charge in [0.15, 0.2) is 0 Å². The highest BCUT2D eigenvalue weighted by Crippen LogP contribution is 2.26. The Morgan fingerprint density at radius 2 is 2.23 bits per heavy atom. The number of aliphatic imine (C=N–C) groups is 1. The quantitative estimate of drug-likeness (QED) is 0.516. The van der Waals surface area contributed by atoms with Gasteiger partial charge < -0.3 is 4.42 Å². The minimum atomic E-state index is 0.243. The van der Waals surface area contributed by atoms with Crippen LogP contribution in [-0.4, -0.2) is 6.08 Å². The van der Waals surface area contributed by atoms with E-state index < -0.39 is 0 Å². The van der Waals surface area contributed by atoms with Crippen LogP contribution < -0.4 is 0 Å². The molecule has 0 aliphatic rings. The molecular weight excluding hydrogens is 190 g/mol. The van der Waals surface area contributed by atoms with Gasteiger partial charge in [0.05, 0.1) is 0 Å².